The third kappa shape index (κ3) is 1.52. The molecule has 1 rings (SSSR count). The van der Waals surface area contributed by atoms with E-state index in [9.17, 15) is 4.79 Å². The van der Waals surface area contributed by atoms with Gasteiger partial charge in [-0.1, -0.05) is 33.8 Å². The summed E-state index contributed by atoms with van der Waals surface area (Å²) in [7, 11) is 0. The first-order chi connectivity index (χ1) is 4.93. The Morgan fingerprint density at radius 1 is 1.36 bits per heavy atom. The van der Waals surface area contributed by atoms with E-state index in [2.05, 4.69) is 20.8 Å². The summed E-state index contributed by atoms with van der Waals surface area (Å²) in [5.41, 5.74) is 0.224. The van der Waals surface area contributed by atoms with Crippen molar-refractivity contribution in [1.82, 2.24) is 0 Å². The van der Waals surface area contributed by atoms with Gasteiger partial charge in [0.05, 0.1) is 0 Å². The second-order valence-electron chi connectivity index (χ2n) is 4.44. The van der Waals surface area contributed by atoms with Crippen molar-refractivity contribution >= 4 is 5.78 Å². The minimum Gasteiger partial charge on any atom is -0.295 e. The lowest BCUT2D eigenvalue weighted by molar-refractivity contribution is -0.118. The van der Waals surface area contributed by atoms with Crippen LogP contribution in [0, 0.1) is 17.3 Å². The molecular formula is C10H16O. The molecule has 2 atom stereocenters. The lowest BCUT2D eigenvalue weighted by Crippen LogP contribution is -2.24. The topological polar surface area (TPSA) is 17.1 Å². The van der Waals surface area contributed by atoms with Gasteiger partial charge < -0.3 is 0 Å². The Bertz CT molecular complexity index is 195. The van der Waals surface area contributed by atoms with Gasteiger partial charge in [0.2, 0.25) is 0 Å². The van der Waals surface area contributed by atoms with Gasteiger partial charge >= 0.3 is 0 Å². The average molecular weight is 152 g/mol. The highest BCUT2D eigenvalue weighted by Gasteiger charge is 2.34. The molecule has 0 saturated carbocycles. The molecule has 62 valence electrons. The SMILES string of the molecule is CC1C(=O)C=CC1C(C)(C)C. The Balaban J connectivity index is 2.78. The van der Waals surface area contributed by atoms with E-state index in [0.29, 0.717) is 5.92 Å². The standard InChI is InChI=1S/C10H16O/c1-7-8(10(2,3)4)5-6-9(7)11/h5-8H,1-4H3. The number of carbonyl (C=O) groups is 1. The van der Waals surface area contributed by atoms with Gasteiger partial charge in [0.15, 0.2) is 5.78 Å². The second kappa shape index (κ2) is 2.47. The molecule has 0 amide bonds. The monoisotopic (exact) mass is 152 g/mol. The summed E-state index contributed by atoms with van der Waals surface area (Å²) in [4.78, 5) is 11.1. The first kappa shape index (κ1) is 8.51. The molecule has 0 radical (unpaired) electrons. The van der Waals surface area contributed by atoms with E-state index in [1.807, 2.05) is 13.0 Å². The summed E-state index contributed by atoms with van der Waals surface area (Å²) >= 11 is 0. The Morgan fingerprint density at radius 2 is 1.91 bits per heavy atom. The molecule has 0 saturated heterocycles. The zero-order valence-electron chi connectivity index (χ0n) is 7.72. The van der Waals surface area contributed by atoms with Crippen molar-refractivity contribution in [1.29, 1.82) is 0 Å². The quantitative estimate of drug-likeness (QED) is 0.521. The van der Waals surface area contributed by atoms with E-state index in [-0.39, 0.29) is 17.1 Å². The van der Waals surface area contributed by atoms with Crippen LogP contribution >= 0.6 is 0 Å². The molecule has 0 aliphatic heterocycles. The van der Waals surface area contributed by atoms with Gasteiger partial charge in [0, 0.05) is 5.92 Å². The van der Waals surface area contributed by atoms with Gasteiger partial charge in [0.25, 0.3) is 0 Å². The Kier molecular flexibility index (Phi) is 1.91. The van der Waals surface area contributed by atoms with Gasteiger partial charge in [-0.05, 0) is 17.4 Å². The molecular weight excluding hydrogens is 136 g/mol. The van der Waals surface area contributed by atoms with Crippen molar-refractivity contribution in [3.63, 3.8) is 0 Å². The highest BCUT2D eigenvalue weighted by molar-refractivity contribution is 5.94. The van der Waals surface area contributed by atoms with Gasteiger partial charge in [-0.25, -0.2) is 0 Å². The van der Waals surface area contributed by atoms with Crippen LogP contribution in [0.15, 0.2) is 12.2 Å². The predicted molar refractivity (Wildman–Crippen MR) is 46.3 cm³/mol. The van der Waals surface area contributed by atoms with Gasteiger partial charge in [-0.3, -0.25) is 4.79 Å². The van der Waals surface area contributed by atoms with Crippen LogP contribution in [-0.2, 0) is 4.79 Å². The van der Waals surface area contributed by atoms with Gasteiger partial charge in [0.1, 0.15) is 0 Å². The number of hydrogen-bond acceptors (Lipinski definition) is 1. The lowest BCUT2D eigenvalue weighted by Gasteiger charge is -2.28. The van der Waals surface area contributed by atoms with Crippen LogP contribution in [0.4, 0.5) is 0 Å². The molecule has 1 aliphatic carbocycles. The molecule has 0 aromatic rings. The third-order valence-corrected chi connectivity index (χ3v) is 2.46. The van der Waals surface area contributed by atoms with Crippen LogP contribution in [0.1, 0.15) is 27.7 Å². The van der Waals surface area contributed by atoms with Crippen LogP contribution in [0.2, 0.25) is 0 Å². The molecule has 0 heterocycles. The highest BCUT2D eigenvalue weighted by atomic mass is 16.1. The summed E-state index contributed by atoms with van der Waals surface area (Å²) in [5.74, 6) is 0.898. The zero-order valence-corrected chi connectivity index (χ0v) is 7.72. The summed E-state index contributed by atoms with van der Waals surface area (Å²) in [6.45, 7) is 8.55. The van der Waals surface area contributed by atoms with Crippen LogP contribution in [0.3, 0.4) is 0 Å². The molecule has 1 nitrogen and oxygen atoms in total. The summed E-state index contributed by atoms with van der Waals surface area (Å²) in [5, 5.41) is 0. The fraction of sp³-hybridized carbons (Fsp3) is 0.700. The van der Waals surface area contributed by atoms with Crippen molar-refractivity contribution in [2.45, 2.75) is 27.7 Å². The summed E-state index contributed by atoms with van der Waals surface area (Å²) < 4.78 is 0. The van der Waals surface area contributed by atoms with Crippen LogP contribution < -0.4 is 0 Å². The molecule has 0 N–H and O–H groups in total. The molecule has 1 aliphatic rings. The smallest absolute Gasteiger partial charge is 0.158 e. The fourth-order valence-electron chi connectivity index (χ4n) is 1.73. The van der Waals surface area contributed by atoms with Crippen LogP contribution in [0.5, 0.6) is 0 Å². The molecule has 0 bridgehead atoms. The van der Waals surface area contributed by atoms with E-state index < -0.39 is 0 Å². The summed E-state index contributed by atoms with van der Waals surface area (Å²) in [6.07, 6.45) is 3.77. The first-order valence-corrected chi connectivity index (χ1v) is 4.15. The second-order valence-corrected chi connectivity index (χ2v) is 4.44. The maximum Gasteiger partial charge on any atom is 0.158 e. The van der Waals surface area contributed by atoms with E-state index in [1.165, 1.54) is 0 Å². The van der Waals surface area contributed by atoms with E-state index in [0.717, 1.165) is 0 Å². The number of allylic oxidation sites excluding steroid dienone is 2. The normalized spacial score (nSPS) is 31.5. The number of ketones is 1. The van der Waals surface area contributed by atoms with Crippen LogP contribution in [-0.4, -0.2) is 5.78 Å². The number of hydrogen-bond donors (Lipinski definition) is 0. The average Bonchev–Trinajstić information content (AvgIpc) is 2.11. The molecule has 11 heavy (non-hydrogen) atoms. The molecule has 0 aromatic carbocycles. The molecule has 2 unspecified atom stereocenters. The van der Waals surface area contributed by atoms with Crippen molar-refractivity contribution in [3.05, 3.63) is 12.2 Å². The lowest BCUT2D eigenvalue weighted by atomic mass is 9.75. The molecule has 0 aromatic heterocycles. The van der Waals surface area contributed by atoms with Crippen molar-refractivity contribution in [2.75, 3.05) is 0 Å². The Labute approximate surface area is 68.5 Å². The highest BCUT2D eigenvalue weighted by Crippen LogP contribution is 2.37. The van der Waals surface area contributed by atoms with Crippen molar-refractivity contribution in [3.8, 4) is 0 Å². The van der Waals surface area contributed by atoms with Crippen molar-refractivity contribution < 1.29 is 4.79 Å². The fourth-order valence-corrected chi connectivity index (χ4v) is 1.73. The first-order valence-electron chi connectivity index (χ1n) is 4.15. The van der Waals surface area contributed by atoms with E-state index in [1.54, 1.807) is 6.08 Å². The molecule has 1 heteroatoms. The number of rotatable bonds is 0. The third-order valence-electron chi connectivity index (χ3n) is 2.46. The molecule has 0 spiro atoms. The van der Waals surface area contributed by atoms with Gasteiger partial charge in [-0.2, -0.15) is 0 Å². The maximum absolute atomic E-state index is 11.1. The Morgan fingerprint density at radius 3 is 2.09 bits per heavy atom. The predicted octanol–water partition coefficient (Wildman–Crippen LogP) is 2.42. The van der Waals surface area contributed by atoms with E-state index in [4.69, 9.17) is 0 Å². The Hall–Kier alpha value is -0.590. The summed E-state index contributed by atoms with van der Waals surface area (Å²) in [6, 6.07) is 0. The minimum atomic E-state index is 0.190. The van der Waals surface area contributed by atoms with Crippen LogP contribution in [0.25, 0.3) is 0 Å². The van der Waals surface area contributed by atoms with E-state index >= 15 is 0 Å². The molecule has 0 fully saturated rings. The minimum absolute atomic E-state index is 0.190. The van der Waals surface area contributed by atoms with Gasteiger partial charge in [-0.15, -0.1) is 0 Å². The maximum atomic E-state index is 11.1. The largest absolute Gasteiger partial charge is 0.295 e. The number of carbonyl (C=O) groups excluding carboxylic acids is 1. The van der Waals surface area contributed by atoms with Crippen molar-refractivity contribution in [2.24, 2.45) is 17.3 Å². The zero-order chi connectivity index (χ0) is 8.65.